The van der Waals surface area contributed by atoms with Crippen molar-refractivity contribution in [2.75, 3.05) is 0 Å². The van der Waals surface area contributed by atoms with Crippen molar-refractivity contribution in [3.8, 4) is 5.75 Å². The van der Waals surface area contributed by atoms with Gasteiger partial charge in [0.25, 0.3) is 0 Å². The fourth-order valence-corrected chi connectivity index (χ4v) is 4.79. The van der Waals surface area contributed by atoms with Crippen LogP contribution in [0.3, 0.4) is 0 Å². The maximum atomic E-state index is 12.4. The maximum Gasteiger partial charge on any atom is 0.233 e. The lowest BCUT2D eigenvalue weighted by atomic mass is 10.2. The molecule has 2 aromatic carbocycles. The van der Waals surface area contributed by atoms with Gasteiger partial charge >= 0.3 is 0 Å². The van der Waals surface area contributed by atoms with Crippen molar-refractivity contribution in [3.63, 3.8) is 0 Å². The summed E-state index contributed by atoms with van der Waals surface area (Å²) in [5, 5.41) is 8.87. The molecule has 0 radical (unpaired) electrons. The van der Waals surface area contributed by atoms with Crippen LogP contribution in [0.15, 0.2) is 52.9 Å². The fraction of sp³-hybridized carbons (Fsp3) is 0.176. The first-order chi connectivity index (χ1) is 11.9. The fourth-order valence-electron chi connectivity index (χ4n) is 2.19. The van der Waals surface area contributed by atoms with E-state index in [4.69, 9.17) is 16.3 Å². The van der Waals surface area contributed by atoms with Crippen LogP contribution in [0.2, 0.25) is 5.02 Å². The second-order valence-corrected chi connectivity index (χ2v) is 9.07. The molecule has 25 heavy (non-hydrogen) atoms. The SMILES string of the molecule is Cc1cc(Cl)ccc1OCc1nnc(S(=O)(=O)Cc2ccccc2)s1. The Morgan fingerprint density at radius 3 is 2.60 bits per heavy atom. The van der Waals surface area contributed by atoms with Gasteiger partial charge in [-0.05, 0) is 36.2 Å². The Kier molecular flexibility index (Phi) is 5.36. The normalized spacial score (nSPS) is 11.4. The zero-order valence-electron chi connectivity index (χ0n) is 13.3. The summed E-state index contributed by atoms with van der Waals surface area (Å²) in [6.07, 6.45) is 0. The summed E-state index contributed by atoms with van der Waals surface area (Å²) in [6, 6.07) is 14.3. The molecule has 0 amide bonds. The van der Waals surface area contributed by atoms with Crippen LogP contribution in [0, 0.1) is 6.92 Å². The van der Waals surface area contributed by atoms with E-state index in [9.17, 15) is 8.42 Å². The largest absolute Gasteiger partial charge is 0.486 e. The molecular formula is C17H15ClN2O3S2. The molecule has 0 saturated carbocycles. The molecular weight excluding hydrogens is 380 g/mol. The van der Waals surface area contributed by atoms with Gasteiger partial charge in [-0.2, -0.15) is 0 Å². The minimum atomic E-state index is -3.52. The molecule has 0 spiro atoms. The summed E-state index contributed by atoms with van der Waals surface area (Å²) < 4.78 is 30.5. The van der Waals surface area contributed by atoms with Crippen LogP contribution in [-0.2, 0) is 22.2 Å². The molecule has 0 aliphatic rings. The minimum absolute atomic E-state index is 0.00258. The van der Waals surface area contributed by atoms with E-state index in [0.717, 1.165) is 16.9 Å². The van der Waals surface area contributed by atoms with Gasteiger partial charge in [-0.25, -0.2) is 8.42 Å². The number of aryl methyl sites for hydroxylation is 1. The van der Waals surface area contributed by atoms with Crippen LogP contribution in [-0.4, -0.2) is 18.6 Å². The van der Waals surface area contributed by atoms with Gasteiger partial charge in [0, 0.05) is 5.02 Å². The molecule has 1 heterocycles. The van der Waals surface area contributed by atoms with Crippen LogP contribution in [0.1, 0.15) is 16.1 Å². The first-order valence-corrected chi connectivity index (χ1v) is 10.3. The van der Waals surface area contributed by atoms with E-state index >= 15 is 0 Å². The van der Waals surface area contributed by atoms with E-state index in [1.54, 1.807) is 42.5 Å². The van der Waals surface area contributed by atoms with Crippen LogP contribution >= 0.6 is 22.9 Å². The molecule has 0 atom stereocenters. The summed E-state index contributed by atoms with van der Waals surface area (Å²) >= 11 is 6.94. The second kappa shape index (κ2) is 7.51. The smallest absolute Gasteiger partial charge is 0.233 e. The molecule has 3 rings (SSSR count). The van der Waals surface area contributed by atoms with Crippen LogP contribution in [0.5, 0.6) is 5.75 Å². The van der Waals surface area contributed by atoms with Crippen LogP contribution < -0.4 is 4.74 Å². The highest BCUT2D eigenvalue weighted by atomic mass is 35.5. The minimum Gasteiger partial charge on any atom is -0.486 e. The summed E-state index contributed by atoms with van der Waals surface area (Å²) in [7, 11) is -3.52. The molecule has 5 nitrogen and oxygen atoms in total. The Bertz CT molecular complexity index is 973. The molecule has 8 heteroatoms. The van der Waals surface area contributed by atoms with E-state index in [-0.39, 0.29) is 16.7 Å². The number of hydrogen-bond donors (Lipinski definition) is 0. The summed E-state index contributed by atoms with van der Waals surface area (Å²) in [6.45, 7) is 2.04. The van der Waals surface area contributed by atoms with Gasteiger partial charge in [-0.1, -0.05) is 53.3 Å². The van der Waals surface area contributed by atoms with E-state index in [1.807, 2.05) is 13.0 Å². The summed E-state index contributed by atoms with van der Waals surface area (Å²) in [5.41, 5.74) is 1.61. The van der Waals surface area contributed by atoms with Gasteiger partial charge in [-0.3, -0.25) is 0 Å². The molecule has 0 saturated heterocycles. The third kappa shape index (κ3) is 4.56. The van der Waals surface area contributed by atoms with Crippen molar-refractivity contribution in [2.24, 2.45) is 0 Å². The van der Waals surface area contributed by atoms with Crippen molar-refractivity contribution in [1.29, 1.82) is 0 Å². The van der Waals surface area contributed by atoms with Gasteiger partial charge in [0.2, 0.25) is 14.2 Å². The average molecular weight is 395 g/mol. The molecule has 0 N–H and O–H groups in total. The van der Waals surface area contributed by atoms with Crippen LogP contribution in [0.25, 0.3) is 0 Å². The number of benzene rings is 2. The quantitative estimate of drug-likeness (QED) is 0.630. The number of hydrogen-bond acceptors (Lipinski definition) is 6. The average Bonchev–Trinajstić information content (AvgIpc) is 3.04. The lowest BCUT2D eigenvalue weighted by Gasteiger charge is -2.07. The highest BCUT2D eigenvalue weighted by molar-refractivity contribution is 7.92. The second-order valence-electron chi connectivity index (χ2n) is 5.40. The van der Waals surface area contributed by atoms with Gasteiger partial charge in [0.1, 0.15) is 12.4 Å². The first kappa shape index (κ1) is 17.8. The maximum absolute atomic E-state index is 12.4. The standard InChI is InChI=1S/C17H15ClN2O3S2/c1-12-9-14(18)7-8-15(12)23-10-16-19-20-17(24-16)25(21,22)11-13-5-3-2-4-6-13/h2-9H,10-11H2,1H3. The summed E-state index contributed by atoms with van der Waals surface area (Å²) in [4.78, 5) is 0. The number of nitrogens with zero attached hydrogens (tertiary/aromatic N) is 2. The first-order valence-electron chi connectivity index (χ1n) is 7.42. The van der Waals surface area contributed by atoms with E-state index in [1.165, 1.54) is 0 Å². The third-order valence-electron chi connectivity index (χ3n) is 3.40. The van der Waals surface area contributed by atoms with Crippen molar-refractivity contribution in [3.05, 3.63) is 69.7 Å². The van der Waals surface area contributed by atoms with Gasteiger partial charge in [0.15, 0.2) is 5.01 Å². The summed E-state index contributed by atoms with van der Waals surface area (Å²) in [5.74, 6) is 0.577. The molecule has 0 aliphatic carbocycles. The Morgan fingerprint density at radius 1 is 1.12 bits per heavy atom. The van der Waals surface area contributed by atoms with Gasteiger partial charge < -0.3 is 4.74 Å². The highest BCUT2D eigenvalue weighted by Gasteiger charge is 2.21. The number of aromatic nitrogens is 2. The number of sulfone groups is 1. The van der Waals surface area contributed by atoms with Crippen molar-refractivity contribution in [1.82, 2.24) is 10.2 Å². The van der Waals surface area contributed by atoms with Crippen molar-refractivity contribution >= 4 is 32.8 Å². The van der Waals surface area contributed by atoms with Crippen molar-refractivity contribution in [2.45, 2.75) is 23.6 Å². The van der Waals surface area contributed by atoms with E-state index in [2.05, 4.69) is 10.2 Å². The van der Waals surface area contributed by atoms with E-state index in [0.29, 0.717) is 21.3 Å². The topological polar surface area (TPSA) is 69.2 Å². The predicted octanol–water partition coefficient (Wildman–Crippen LogP) is 4.05. The molecule has 0 fully saturated rings. The molecule has 0 bridgehead atoms. The van der Waals surface area contributed by atoms with Crippen LogP contribution in [0.4, 0.5) is 0 Å². The molecule has 0 unspecified atom stereocenters. The van der Waals surface area contributed by atoms with Crippen molar-refractivity contribution < 1.29 is 13.2 Å². The Labute approximate surface area is 155 Å². The highest BCUT2D eigenvalue weighted by Crippen LogP contribution is 2.25. The molecule has 0 aliphatic heterocycles. The lowest BCUT2D eigenvalue weighted by molar-refractivity contribution is 0.302. The monoisotopic (exact) mass is 394 g/mol. The Hall–Kier alpha value is -1.96. The predicted molar refractivity (Wildman–Crippen MR) is 97.8 cm³/mol. The number of halogens is 1. The Morgan fingerprint density at radius 2 is 1.88 bits per heavy atom. The number of ether oxygens (including phenoxy) is 1. The Balaban J connectivity index is 1.69. The number of rotatable bonds is 6. The van der Waals surface area contributed by atoms with Gasteiger partial charge in [0.05, 0.1) is 5.75 Å². The van der Waals surface area contributed by atoms with E-state index < -0.39 is 9.84 Å². The molecule has 3 aromatic rings. The lowest BCUT2D eigenvalue weighted by Crippen LogP contribution is -2.04. The third-order valence-corrected chi connectivity index (χ3v) is 6.67. The molecule has 130 valence electrons. The zero-order chi connectivity index (χ0) is 17.9. The van der Waals surface area contributed by atoms with Gasteiger partial charge in [-0.15, -0.1) is 10.2 Å². The zero-order valence-corrected chi connectivity index (χ0v) is 15.7. The molecule has 1 aromatic heterocycles.